The Hall–Kier alpha value is -2.95. The number of carbonyl (C=O) groups is 1. The first-order valence-corrected chi connectivity index (χ1v) is 6.74. The zero-order chi connectivity index (χ0) is 15.5. The number of nitrogens with one attached hydrogen (secondary N) is 1. The highest BCUT2D eigenvalue weighted by atomic mass is 19.1. The number of halogens is 1. The molecule has 2 N–H and O–H groups in total. The summed E-state index contributed by atoms with van der Waals surface area (Å²) in [5.74, 6) is -0.990. The molecule has 0 atom stereocenters. The van der Waals surface area contributed by atoms with E-state index in [2.05, 4.69) is 10.3 Å². The smallest absolute Gasteiger partial charge is 0.251 e. The number of phenolic OH excluding ortho intramolecular Hbond substituents is 1. The molecule has 0 aliphatic carbocycles. The van der Waals surface area contributed by atoms with E-state index in [9.17, 15) is 9.18 Å². The van der Waals surface area contributed by atoms with Crippen LogP contribution in [0, 0.1) is 5.82 Å². The summed E-state index contributed by atoms with van der Waals surface area (Å²) in [6.07, 6.45) is 1.69. The first-order chi connectivity index (χ1) is 10.6. The fraction of sp³-hybridized carbons (Fsp3) is 0.0588. The standard InChI is InChI=1S/C17H13FN2O2/c18-15-9-14(21)5-3-13(15)10-20-17(22)12-4-6-16-11(8-12)2-1-7-19-16/h1-9,21H,10H2,(H,20,22). The van der Waals surface area contributed by atoms with E-state index in [1.165, 1.54) is 12.1 Å². The molecule has 4 nitrogen and oxygen atoms in total. The molecule has 110 valence electrons. The lowest BCUT2D eigenvalue weighted by molar-refractivity contribution is 0.0950. The van der Waals surface area contributed by atoms with Gasteiger partial charge in [-0.1, -0.05) is 12.1 Å². The van der Waals surface area contributed by atoms with Crippen LogP contribution in [0.5, 0.6) is 5.75 Å². The van der Waals surface area contributed by atoms with Crippen LogP contribution in [0.25, 0.3) is 10.9 Å². The Morgan fingerprint density at radius 1 is 1.18 bits per heavy atom. The number of hydrogen-bond donors (Lipinski definition) is 2. The number of benzene rings is 2. The maximum absolute atomic E-state index is 13.6. The topological polar surface area (TPSA) is 62.2 Å². The van der Waals surface area contributed by atoms with Gasteiger partial charge in [0.05, 0.1) is 5.52 Å². The summed E-state index contributed by atoms with van der Waals surface area (Å²) in [7, 11) is 0. The summed E-state index contributed by atoms with van der Waals surface area (Å²) in [4.78, 5) is 16.3. The number of fused-ring (bicyclic) bond motifs is 1. The van der Waals surface area contributed by atoms with Crippen LogP contribution in [-0.2, 0) is 6.54 Å². The van der Waals surface area contributed by atoms with Gasteiger partial charge in [0.1, 0.15) is 11.6 Å². The van der Waals surface area contributed by atoms with Crippen LogP contribution < -0.4 is 5.32 Å². The van der Waals surface area contributed by atoms with Gasteiger partial charge in [0, 0.05) is 35.3 Å². The number of pyridine rings is 1. The minimum Gasteiger partial charge on any atom is -0.508 e. The monoisotopic (exact) mass is 296 g/mol. The van der Waals surface area contributed by atoms with Gasteiger partial charge < -0.3 is 10.4 Å². The highest BCUT2D eigenvalue weighted by molar-refractivity contribution is 5.97. The molecule has 0 saturated carbocycles. The molecule has 0 fully saturated rings. The van der Waals surface area contributed by atoms with Gasteiger partial charge in [0.25, 0.3) is 5.91 Å². The van der Waals surface area contributed by atoms with Crippen molar-refractivity contribution in [2.75, 3.05) is 0 Å². The van der Waals surface area contributed by atoms with Crippen LogP contribution in [0.1, 0.15) is 15.9 Å². The second-order valence-corrected chi connectivity index (χ2v) is 4.87. The van der Waals surface area contributed by atoms with Crippen LogP contribution in [0.15, 0.2) is 54.7 Å². The van der Waals surface area contributed by atoms with E-state index in [1.54, 1.807) is 30.5 Å². The van der Waals surface area contributed by atoms with Crippen LogP contribution in [0.4, 0.5) is 4.39 Å². The predicted octanol–water partition coefficient (Wildman–Crippen LogP) is 3.01. The molecule has 0 aliphatic heterocycles. The van der Waals surface area contributed by atoms with Gasteiger partial charge in [-0.3, -0.25) is 9.78 Å². The molecule has 1 aromatic heterocycles. The lowest BCUT2D eigenvalue weighted by atomic mass is 10.1. The van der Waals surface area contributed by atoms with Gasteiger partial charge in [-0.05, 0) is 30.3 Å². The number of rotatable bonds is 3. The van der Waals surface area contributed by atoms with E-state index < -0.39 is 5.82 Å². The summed E-state index contributed by atoms with van der Waals surface area (Å²) in [5, 5.41) is 12.7. The summed E-state index contributed by atoms with van der Waals surface area (Å²) in [5.41, 5.74) is 1.61. The second kappa shape index (κ2) is 5.81. The van der Waals surface area contributed by atoms with Crippen molar-refractivity contribution in [3.05, 3.63) is 71.7 Å². The third kappa shape index (κ3) is 2.88. The van der Waals surface area contributed by atoms with Gasteiger partial charge in [0.2, 0.25) is 0 Å². The van der Waals surface area contributed by atoms with Crippen molar-refractivity contribution < 1.29 is 14.3 Å². The summed E-state index contributed by atoms with van der Waals surface area (Å²) < 4.78 is 13.6. The molecule has 0 radical (unpaired) electrons. The van der Waals surface area contributed by atoms with E-state index in [1.807, 2.05) is 6.07 Å². The Balaban J connectivity index is 1.75. The Labute approximate surface area is 126 Å². The number of aromatic hydroxyl groups is 1. The van der Waals surface area contributed by atoms with E-state index >= 15 is 0 Å². The van der Waals surface area contributed by atoms with Crippen molar-refractivity contribution in [1.82, 2.24) is 10.3 Å². The molecule has 5 heteroatoms. The minimum absolute atomic E-state index is 0.0516. The van der Waals surface area contributed by atoms with Gasteiger partial charge in [-0.15, -0.1) is 0 Å². The molecule has 0 saturated heterocycles. The molecule has 1 heterocycles. The second-order valence-electron chi connectivity index (χ2n) is 4.87. The highest BCUT2D eigenvalue weighted by Gasteiger charge is 2.09. The fourth-order valence-electron chi connectivity index (χ4n) is 2.17. The third-order valence-corrected chi connectivity index (χ3v) is 3.34. The Bertz CT molecular complexity index is 849. The largest absolute Gasteiger partial charge is 0.508 e. The lowest BCUT2D eigenvalue weighted by Gasteiger charge is -2.07. The minimum atomic E-state index is -0.553. The van der Waals surface area contributed by atoms with E-state index in [-0.39, 0.29) is 18.2 Å². The molecule has 1 amide bonds. The molecule has 3 aromatic rings. The molecule has 22 heavy (non-hydrogen) atoms. The van der Waals surface area contributed by atoms with Crippen molar-refractivity contribution >= 4 is 16.8 Å². The van der Waals surface area contributed by atoms with Crippen molar-refractivity contribution in [2.45, 2.75) is 6.54 Å². The molecule has 0 unspecified atom stereocenters. The van der Waals surface area contributed by atoms with Crippen molar-refractivity contribution in [3.8, 4) is 5.75 Å². The summed E-state index contributed by atoms with van der Waals surface area (Å²) >= 11 is 0. The Morgan fingerprint density at radius 3 is 2.86 bits per heavy atom. The number of phenols is 1. The van der Waals surface area contributed by atoms with Gasteiger partial charge >= 0.3 is 0 Å². The zero-order valence-electron chi connectivity index (χ0n) is 11.6. The maximum atomic E-state index is 13.6. The summed E-state index contributed by atoms with van der Waals surface area (Å²) in [6.45, 7) is 0.0516. The molecule has 0 spiro atoms. The van der Waals surface area contributed by atoms with Crippen molar-refractivity contribution in [3.63, 3.8) is 0 Å². The Kier molecular flexibility index (Phi) is 3.70. The quantitative estimate of drug-likeness (QED) is 0.781. The zero-order valence-corrected chi connectivity index (χ0v) is 11.6. The molecule has 0 aliphatic rings. The lowest BCUT2D eigenvalue weighted by Crippen LogP contribution is -2.23. The first-order valence-electron chi connectivity index (χ1n) is 6.74. The average Bonchev–Trinajstić information content (AvgIpc) is 2.53. The number of hydrogen-bond acceptors (Lipinski definition) is 3. The van der Waals surface area contributed by atoms with E-state index in [0.717, 1.165) is 17.0 Å². The molecule has 3 rings (SSSR count). The number of amides is 1. The number of nitrogens with zero attached hydrogens (tertiary/aromatic N) is 1. The Morgan fingerprint density at radius 2 is 2.05 bits per heavy atom. The van der Waals surface area contributed by atoms with Gasteiger partial charge in [-0.25, -0.2) is 4.39 Å². The van der Waals surface area contributed by atoms with Crippen LogP contribution in [-0.4, -0.2) is 16.0 Å². The SMILES string of the molecule is O=C(NCc1ccc(O)cc1F)c1ccc2ncccc2c1. The third-order valence-electron chi connectivity index (χ3n) is 3.34. The van der Waals surface area contributed by atoms with Crippen LogP contribution in [0.2, 0.25) is 0 Å². The maximum Gasteiger partial charge on any atom is 0.251 e. The van der Waals surface area contributed by atoms with Crippen molar-refractivity contribution in [1.29, 1.82) is 0 Å². The highest BCUT2D eigenvalue weighted by Crippen LogP contribution is 2.16. The summed E-state index contributed by atoms with van der Waals surface area (Å²) in [6, 6.07) is 12.7. The number of aromatic nitrogens is 1. The van der Waals surface area contributed by atoms with E-state index in [0.29, 0.717) is 11.1 Å². The molecule has 0 bridgehead atoms. The predicted molar refractivity (Wildman–Crippen MR) is 81.0 cm³/mol. The van der Waals surface area contributed by atoms with Crippen molar-refractivity contribution in [2.24, 2.45) is 0 Å². The van der Waals surface area contributed by atoms with Crippen LogP contribution >= 0.6 is 0 Å². The van der Waals surface area contributed by atoms with E-state index in [4.69, 9.17) is 5.11 Å². The average molecular weight is 296 g/mol. The van der Waals surface area contributed by atoms with Gasteiger partial charge in [0.15, 0.2) is 0 Å². The van der Waals surface area contributed by atoms with Gasteiger partial charge in [-0.2, -0.15) is 0 Å². The fourth-order valence-corrected chi connectivity index (χ4v) is 2.17. The first kappa shape index (κ1) is 14.0. The van der Waals surface area contributed by atoms with Crippen LogP contribution in [0.3, 0.4) is 0 Å². The molecule has 2 aromatic carbocycles. The number of carbonyl (C=O) groups excluding carboxylic acids is 1. The molecular formula is C17H13FN2O2. The normalized spacial score (nSPS) is 10.6. The molecular weight excluding hydrogens is 283 g/mol.